The summed E-state index contributed by atoms with van der Waals surface area (Å²) in [6, 6.07) is 9.91. The Balaban J connectivity index is 1.73. The number of methoxy groups -OCH3 is 1. The van der Waals surface area contributed by atoms with Gasteiger partial charge in [-0.2, -0.15) is 0 Å². The van der Waals surface area contributed by atoms with E-state index >= 15 is 0 Å². The van der Waals surface area contributed by atoms with Gasteiger partial charge in [-0.3, -0.25) is 9.59 Å². The van der Waals surface area contributed by atoms with Gasteiger partial charge in [0.2, 0.25) is 5.91 Å². The van der Waals surface area contributed by atoms with Crippen molar-refractivity contribution in [3.8, 4) is 11.5 Å². The third-order valence-corrected chi connectivity index (χ3v) is 4.21. The van der Waals surface area contributed by atoms with E-state index in [1.807, 2.05) is 6.92 Å². The summed E-state index contributed by atoms with van der Waals surface area (Å²) in [5.41, 5.74) is 0.568. The summed E-state index contributed by atoms with van der Waals surface area (Å²) in [4.78, 5) is 37.6. The summed E-state index contributed by atoms with van der Waals surface area (Å²) >= 11 is 0. The number of halogens is 1. The van der Waals surface area contributed by atoms with Gasteiger partial charge in [0.05, 0.1) is 19.4 Å². The molecule has 4 amide bonds. The molecule has 156 valence electrons. The second kappa shape index (κ2) is 9.08. The Morgan fingerprint density at radius 1 is 1.20 bits per heavy atom. The van der Waals surface area contributed by atoms with Crippen LogP contribution in [0.15, 0.2) is 48.2 Å². The molecule has 0 aliphatic carbocycles. The van der Waals surface area contributed by atoms with Crippen LogP contribution in [0, 0.1) is 5.82 Å². The smallest absolute Gasteiger partial charge is 0.329 e. The van der Waals surface area contributed by atoms with E-state index < -0.39 is 30.2 Å². The number of carbonyl (C=O) groups excluding carboxylic acids is 3. The van der Waals surface area contributed by atoms with Crippen molar-refractivity contribution < 1.29 is 28.2 Å². The van der Waals surface area contributed by atoms with Gasteiger partial charge in [0.25, 0.3) is 5.91 Å². The first kappa shape index (κ1) is 20.8. The maximum Gasteiger partial charge on any atom is 0.329 e. The molecule has 30 heavy (non-hydrogen) atoms. The first-order chi connectivity index (χ1) is 14.4. The van der Waals surface area contributed by atoms with E-state index in [9.17, 15) is 18.8 Å². The number of ether oxygens (including phenoxy) is 2. The molecule has 1 aliphatic rings. The van der Waals surface area contributed by atoms with E-state index in [0.29, 0.717) is 23.7 Å². The van der Waals surface area contributed by atoms with E-state index in [0.717, 1.165) is 4.90 Å². The number of benzene rings is 2. The summed E-state index contributed by atoms with van der Waals surface area (Å²) < 4.78 is 24.4. The molecule has 1 heterocycles. The average molecular weight is 413 g/mol. The van der Waals surface area contributed by atoms with E-state index in [2.05, 4.69) is 10.6 Å². The number of rotatable bonds is 7. The Morgan fingerprint density at radius 2 is 1.97 bits per heavy atom. The van der Waals surface area contributed by atoms with Crippen molar-refractivity contribution in [2.45, 2.75) is 6.92 Å². The highest BCUT2D eigenvalue weighted by Gasteiger charge is 2.35. The molecule has 2 N–H and O–H groups in total. The highest BCUT2D eigenvalue weighted by atomic mass is 19.1. The molecule has 0 radical (unpaired) electrons. The lowest BCUT2D eigenvalue weighted by Crippen LogP contribution is -2.38. The molecule has 0 saturated carbocycles. The van der Waals surface area contributed by atoms with E-state index in [1.54, 1.807) is 24.3 Å². The van der Waals surface area contributed by atoms with Gasteiger partial charge in [-0.25, -0.2) is 14.1 Å². The summed E-state index contributed by atoms with van der Waals surface area (Å²) in [6.45, 7) is 1.70. The molecule has 0 atom stereocenters. The van der Waals surface area contributed by atoms with Crippen LogP contribution in [-0.4, -0.2) is 43.0 Å². The minimum absolute atomic E-state index is 0.00584. The Hall–Kier alpha value is -3.88. The molecule has 1 fully saturated rings. The molecule has 8 nitrogen and oxygen atoms in total. The number of imide groups is 1. The predicted molar refractivity (Wildman–Crippen MR) is 107 cm³/mol. The first-order valence-electron chi connectivity index (χ1n) is 9.12. The molecule has 2 aromatic rings. The van der Waals surface area contributed by atoms with E-state index in [4.69, 9.17) is 9.47 Å². The SMILES string of the molecule is CCOc1cc(/C=C2/NC(=O)N(CC(=O)Nc3ccccc3F)C2=O)ccc1OC. The molecule has 2 aromatic carbocycles. The quantitative estimate of drug-likeness (QED) is 0.537. The molecular weight excluding hydrogens is 393 g/mol. The molecule has 0 aromatic heterocycles. The lowest BCUT2D eigenvalue weighted by Gasteiger charge is -2.12. The summed E-state index contributed by atoms with van der Waals surface area (Å²) in [5, 5.41) is 4.77. The van der Waals surface area contributed by atoms with Crippen molar-refractivity contribution in [2.75, 3.05) is 25.6 Å². The standard InChI is InChI=1S/C21H20FN3O5/c1-3-30-18-11-13(8-9-17(18)29-2)10-16-20(27)25(21(28)24-16)12-19(26)23-15-7-5-4-6-14(15)22/h4-11H,3,12H2,1-2H3,(H,23,26)(H,24,28)/b16-10+. The molecule has 0 bridgehead atoms. The van der Waals surface area contributed by atoms with Gasteiger partial charge in [0.1, 0.15) is 18.1 Å². The van der Waals surface area contributed by atoms with Gasteiger partial charge < -0.3 is 20.1 Å². The molecule has 1 saturated heterocycles. The number of carbonyl (C=O) groups is 3. The lowest BCUT2D eigenvalue weighted by atomic mass is 10.1. The number of hydrogen-bond donors (Lipinski definition) is 2. The Kier molecular flexibility index (Phi) is 6.31. The third kappa shape index (κ3) is 4.57. The average Bonchev–Trinajstić information content (AvgIpc) is 2.97. The number of para-hydroxylation sites is 1. The zero-order chi connectivity index (χ0) is 21.7. The van der Waals surface area contributed by atoms with E-state index in [-0.39, 0.29) is 11.4 Å². The van der Waals surface area contributed by atoms with Crippen LogP contribution in [0.5, 0.6) is 11.5 Å². The van der Waals surface area contributed by atoms with Crippen molar-refractivity contribution in [2.24, 2.45) is 0 Å². The number of hydrogen-bond acceptors (Lipinski definition) is 5. The maximum atomic E-state index is 13.7. The molecule has 0 spiro atoms. The maximum absolute atomic E-state index is 13.7. The normalized spacial score (nSPS) is 14.6. The summed E-state index contributed by atoms with van der Waals surface area (Å²) in [6.07, 6.45) is 1.47. The zero-order valence-electron chi connectivity index (χ0n) is 16.4. The zero-order valence-corrected chi connectivity index (χ0v) is 16.4. The van der Waals surface area contributed by atoms with Crippen LogP contribution < -0.4 is 20.1 Å². The van der Waals surface area contributed by atoms with Gasteiger partial charge in [-0.1, -0.05) is 18.2 Å². The van der Waals surface area contributed by atoms with Gasteiger partial charge >= 0.3 is 6.03 Å². The first-order valence-corrected chi connectivity index (χ1v) is 9.12. The van der Waals surface area contributed by atoms with Crippen LogP contribution in [0.4, 0.5) is 14.9 Å². The fourth-order valence-corrected chi connectivity index (χ4v) is 2.83. The Bertz CT molecular complexity index is 1020. The third-order valence-electron chi connectivity index (χ3n) is 4.21. The molecule has 9 heteroatoms. The minimum Gasteiger partial charge on any atom is -0.493 e. The van der Waals surface area contributed by atoms with Crippen LogP contribution in [0.2, 0.25) is 0 Å². The molecular formula is C21H20FN3O5. The van der Waals surface area contributed by atoms with Crippen molar-refractivity contribution in [1.82, 2.24) is 10.2 Å². The highest BCUT2D eigenvalue weighted by Crippen LogP contribution is 2.29. The number of nitrogens with zero attached hydrogens (tertiary/aromatic N) is 1. The van der Waals surface area contributed by atoms with Crippen LogP contribution in [0.25, 0.3) is 6.08 Å². The van der Waals surface area contributed by atoms with E-state index in [1.165, 1.54) is 31.4 Å². The van der Waals surface area contributed by atoms with Crippen molar-refractivity contribution in [3.63, 3.8) is 0 Å². The van der Waals surface area contributed by atoms with Crippen molar-refractivity contribution >= 4 is 29.6 Å². The summed E-state index contributed by atoms with van der Waals surface area (Å²) in [7, 11) is 1.51. The van der Waals surface area contributed by atoms with Crippen LogP contribution >= 0.6 is 0 Å². The highest BCUT2D eigenvalue weighted by molar-refractivity contribution is 6.15. The second-order valence-corrected chi connectivity index (χ2v) is 6.25. The fraction of sp³-hybridized carbons (Fsp3) is 0.190. The summed E-state index contributed by atoms with van der Waals surface area (Å²) in [5.74, 6) is -0.960. The second-order valence-electron chi connectivity index (χ2n) is 6.25. The fourth-order valence-electron chi connectivity index (χ4n) is 2.83. The number of nitrogens with one attached hydrogen (secondary N) is 2. The monoisotopic (exact) mass is 413 g/mol. The lowest BCUT2D eigenvalue weighted by molar-refractivity contribution is -0.127. The van der Waals surface area contributed by atoms with Gasteiger partial charge in [0.15, 0.2) is 11.5 Å². The number of urea groups is 1. The van der Waals surface area contributed by atoms with Gasteiger partial charge in [0, 0.05) is 0 Å². The van der Waals surface area contributed by atoms with Crippen LogP contribution in [-0.2, 0) is 9.59 Å². The topological polar surface area (TPSA) is 97.0 Å². The Morgan fingerprint density at radius 3 is 2.67 bits per heavy atom. The molecule has 1 aliphatic heterocycles. The molecule has 0 unspecified atom stereocenters. The predicted octanol–water partition coefficient (Wildman–Crippen LogP) is 2.76. The van der Waals surface area contributed by atoms with Gasteiger partial charge in [-0.05, 0) is 42.8 Å². The van der Waals surface area contributed by atoms with Gasteiger partial charge in [-0.15, -0.1) is 0 Å². The van der Waals surface area contributed by atoms with Crippen LogP contribution in [0.1, 0.15) is 12.5 Å². The Labute approximate surface area is 172 Å². The number of anilines is 1. The van der Waals surface area contributed by atoms with Crippen molar-refractivity contribution in [1.29, 1.82) is 0 Å². The number of amides is 4. The minimum atomic E-state index is -0.742. The molecule has 3 rings (SSSR count). The van der Waals surface area contributed by atoms with Crippen molar-refractivity contribution in [3.05, 3.63) is 59.5 Å². The van der Waals surface area contributed by atoms with Crippen LogP contribution in [0.3, 0.4) is 0 Å². The largest absolute Gasteiger partial charge is 0.493 e.